The Balaban J connectivity index is 1.22. The number of hydrogen-bond donors (Lipinski definition) is 1. The number of carbonyl (C=O) groups is 2. The molecule has 0 bridgehead atoms. The van der Waals surface area contributed by atoms with Crippen LogP contribution in [0.5, 0.6) is 0 Å². The van der Waals surface area contributed by atoms with Crippen molar-refractivity contribution in [2.75, 3.05) is 39.3 Å². The molecule has 30 heavy (non-hydrogen) atoms. The van der Waals surface area contributed by atoms with Crippen LogP contribution in [0.4, 0.5) is 0 Å². The largest absolute Gasteiger partial charge is 0.356 e. The summed E-state index contributed by atoms with van der Waals surface area (Å²) in [4.78, 5) is 34.3. The van der Waals surface area contributed by atoms with Crippen molar-refractivity contribution in [2.24, 2.45) is 5.92 Å². The van der Waals surface area contributed by atoms with E-state index < -0.39 is 0 Å². The Morgan fingerprint density at radius 2 is 1.87 bits per heavy atom. The van der Waals surface area contributed by atoms with Gasteiger partial charge < -0.3 is 19.7 Å². The number of imidazole rings is 1. The number of benzene rings is 1. The standard InChI is InChI=1S/C23H33N5O2/c1-18(28-17-25-20-7-2-3-8-21(20)28)23(30)27-15-9-19(10-16-27)22(29)24-11-6-14-26-12-4-5-13-26/h2-3,7-8,17-19H,4-6,9-16H2,1H3,(H,24,29)/t18-/m1/s1. The molecule has 1 aromatic carbocycles. The molecule has 1 N–H and O–H groups in total. The SMILES string of the molecule is C[C@H](C(=O)N1CCC(C(=O)NCCCN2CCCC2)CC1)n1cnc2ccccc21. The van der Waals surface area contributed by atoms with Crippen molar-refractivity contribution in [3.63, 3.8) is 0 Å². The van der Waals surface area contributed by atoms with Gasteiger partial charge in [-0.2, -0.15) is 0 Å². The molecule has 1 aromatic heterocycles. The van der Waals surface area contributed by atoms with Gasteiger partial charge >= 0.3 is 0 Å². The van der Waals surface area contributed by atoms with Gasteiger partial charge in [0.15, 0.2) is 0 Å². The molecule has 2 aliphatic heterocycles. The van der Waals surface area contributed by atoms with Crippen molar-refractivity contribution in [3.05, 3.63) is 30.6 Å². The van der Waals surface area contributed by atoms with E-state index in [1.165, 1.54) is 25.9 Å². The minimum Gasteiger partial charge on any atom is -0.356 e. The lowest BCUT2D eigenvalue weighted by atomic mass is 9.95. The average Bonchev–Trinajstić information content (AvgIpc) is 3.45. The Hall–Kier alpha value is -2.41. The predicted molar refractivity (Wildman–Crippen MR) is 117 cm³/mol. The van der Waals surface area contributed by atoms with Crippen LogP contribution in [0.1, 0.15) is 45.1 Å². The first-order valence-electron chi connectivity index (χ1n) is 11.3. The van der Waals surface area contributed by atoms with E-state index in [2.05, 4.69) is 15.2 Å². The third-order valence-electron chi connectivity index (χ3n) is 6.58. The molecule has 2 aliphatic rings. The maximum absolute atomic E-state index is 13.0. The molecular weight excluding hydrogens is 378 g/mol. The fourth-order valence-electron chi connectivity index (χ4n) is 4.70. The second-order valence-electron chi connectivity index (χ2n) is 8.61. The zero-order valence-electron chi connectivity index (χ0n) is 17.9. The van der Waals surface area contributed by atoms with Crippen molar-refractivity contribution < 1.29 is 9.59 Å². The second kappa shape index (κ2) is 9.60. The van der Waals surface area contributed by atoms with Gasteiger partial charge in [-0.25, -0.2) is 4.98 Å². The van der Waals surface area contributed by atoms with Gasteiger partial charge in [0.25, 0.3) is 0 Å². The highest BCUT2D eigenvalue weighted by Crippen LogP contribution is 2.23. The topological polar surface area (TPSA) is 70.5 Å². The molecule has 0 saturated carbocycles. The van der Waals surface area contributed by atoms with Crippen molar-refractivity contribution in [1.29, 1.82) is 0 Å². The quantitative estimate of drug-likeness (QED) is 0.711. The summed E-state index contributed by atoms with van der Waals surface area (Å²) < 4.78 is 1.94. The van der Waals surface area contributed by atoms with E-state index in [9.17, 15) is 9.59 Å². The summed E-state index contributed by atoms with van der Waals surface area (Å²) in [6, 6.07) is 7.57. The van der Waals surface area contributed by atoms with Crippen LogP contribution in [0, 0.1) is 5.92 Å². The molecule has 0 spiro atoms. The molecule has 2 saturated heterocycles. The maximum atomic E-state index is 13.0. The summed E-state index contributed by atoms with van der Waals surface area (Å²) >= 11 is 0. The first-order chi connectivity index (χ1) is 14.6. The number of para-hydroxylation sites is 2. The van der Waals surface area contributed by atoms with Crippen molar-refractivity contribution in [2.45, 2.75) is 45.1 Å². The predicted octanol–water partition coefficient (Wildman–Crippen LogP) is 2.44. The first-order valence-corrected chi connectivity index (χ1v) is 11.3. The Kier molecular flexibility index (Phi) is 6.67. The summed E-state index contributed by atoms with van der Waals surface area (Å²) in [5, 5.41) is 3.10. The van der Waals surface area contributed by atoms with Crippen LogP contribution in [0.2, 0.25) is 0 Å². The third-order valence-corrected chi connectivity index (χ3v) is 6.58. The maximum Gasteiger partial charge on any atom is 0.245 e. The van der Waals surface area contributed by atoms with Crippen molar-refractivity contribution >= 4 is 22.8 Å². The fraction of sp³-hybridized carbons (Fsp3) is 0.609. The fourth-order valence-corrected chi connectivity index (χ4v) is 4.70. The number of rotatable bonds is 7. The molecule has 2 amide bonds. The van der Waals surface area contributed by atoms with Crippen LogP contribution in [-0.2, 0) is 9.59 Å². The molecule has 0 aliphatic carbocycles. The molecule has 7 heteroatoms. The zero-order chi connectivity index (χ0) is 20.9. The number of likely N-dealkylation sites (tertiary alicyclic amines) is 2. The summed E-state index contributed by atoms with van der Waals surface area (Å²) in [6.45, 7) is 7.44. The van der Waals surface area contributed by atoms with Crippen molar-refractivity contribution in [1.82, 2.24) is 24.7 Å². The number of fused-ring (bicyclic) bond motifs is 1. The first kappa shape index (κ1) is 20.8. The molecule has 4 rings (SSSR count). The lowest BCUT2D eigenvalue weighted by molar-refractivity contribution is -0.138. The van der Waals surface area contributed by atoms with Crippen molar-refractivity contribution in [3.8, 4) is 0 Å². The molecule has 2 fully saturated rings. The van der Waals surface area contributed by atoms with Gasteiger partial charge in [-0.3, -0.25) is 9.59 Å². The molecule has 3 heterocycles. The van der Waals surface area contributed by atoms with Gasteiger partial charge in [0.05, 0.1) is 17.4 Å². The van der Waals surface area contributed by atoms with E-state index >= 15 is 0 Å². The number of nitrogens with zero attached hydrogens (tertiary/aromatic N) is 4. The van der Waals surface area contributed by atoms with Crippen LogP contribution in [-0.4, -0.2) is 70.4 Å². The van der Waals surface area contributed by atoms with Gasteiger partial charge in [-0.1, -0.05) is 12.1 Å². The monoisotopic (exact) mass is 411 g/mol. The van der Waals surface area contributed by atoms with Crippen LogP contribution in [0.15, 0.2) is 30.6 Å². The van der Waals surface area contributed by atoms with Crippen LogP contribution >= 0.6 is 0 Å². The molecule has 162 valence electrons. The Bertz CT molecular complexity index is 865. The summed E-state index contributed by atoms with van der Waals surface area (Å²) in [7, 11) is 0. The highest BCUT2D eigenvalue weighted by atomic mass is 16.2. The van der Waals surface area contributed by atoms with Gasteiger partial charge in [0, 0.05) is 25.6 Å². The van der Waals surface area contributed by atoms with Gasteiger partial charge in [-0.05, 0) is 70.8 Å². The molecule has 7 nitrogen and oxygen atoms in total. The molecular formula is C23H33N5O2. The smallest absolute Gasteiger partial charge is 0.245 e. The number of hydrogen-bond acceptors (Lipinski definition) is 4. The van der Waals surface area contributed by atoms with Gasteiger partial charge in [0.1, 0.15) is 6.04 Å². The Labute approximate surface area is 178 Å². The minimum absolute atomic E-state index is 0.0187. The zero-order valence-corrected chi connectivity index (χ0v) is 17.9. The molecule has 0 radical (unpaired) electrons. The van der Waals surface area contributed by atoms with Crippen LogP contribution in [0.3, 0.4) is 0 Å². The van der Waals surface area contributed by atoms with Crippen LogP contribution in [0.25, 0.3) is 11.0 Å². The normalized spacial score (nSPS) is 19.3. The number of aromatic nitrogens is 2. The second-order valence-corrected chi connectivity index (χ2v) is 8.61. The lowest BCUT2D eigenvalue weighted by Crippen LogP contribution is -2.45. The summed E-state index contributed by atoms with van der Waals surface area (Å²) in [6.07, 6.45) is 6.84. The van der Waals surface area contributed by atoms with Gasteiger partial charge in [0.2, 0.25) is 11.8 Å². The van der Waals surface area contributed by atoms with E-state index in [0.717, 1.165) is 43.4 Å². The molecule has 1 atom stereocenters. The van der Waals surface area contributed by atoms with E-state index in [1.807, 2.05) is 40.7 Å². The number of piperidine rings is 1. The average molecular weight is 412 g/mol. The van der Waals surface area contributed by atoms with E-state index in [0.29, 0.717) is 13.1 Å². The Morgan fingerprint density at radius 3 is 2.63 bits per heavy atom. The number of amides is 2. The number of carbonyl (C=O) groups excluding carboxylic acids is 2. The highest BCUT2D eigenvalue weighted by molar-refractivity contribution is 5.84. The molecule has 2 aromatic rings. The third kappa shape index (κ3) is 4.67. The van der Waals surface area contributed by atoms with E-state index in [1.54, 1.807) is 6.33 Å². The van der Waals surface area contributed by atoms with E-state index in [-0.39, 0.29) is 23.8 Å². The molecule has 0 unspecified atom stereocenters. The number of nitrogens with one attached hydrogen (secondary N) is 1. The van der Waals surface area contributed by atoms with E-state index in [4.69, 9.17) is 0 Å². The summed E-state index contributed by atoms with van der Waals surface area (Å²) in [5.41, 5.74) is 1.87. The minimum atomic E-state index is -0.298. The lowest BCUT2D eigenvalue weighted by Gasteiger charge is -2.33. The summed E-state index contributed by atoms with van der Waals surface area (Å²) in [5.74, 6) is 0.269. The highest BCUT2D eigenvalue weighted by Gasteiger charge is 2.30. The Morgan fingerprint density at radius 1 is 1.13 bits per heavy atom. The van der Waals surface area contributed by atoms with Gasteiger partial charge in [-0.15, -0.1) is 0 Å². The van der Waals surface area contributed by atoms with Crippen LogP contribution < -0.4 is 5.32 Å².